The summed E-state index contributed by atoms with van der Waals surface area (Å²) in [5, 5.41) is 3.42. The smallest absolute Gasteiger partial charge is 0.264 e. The van der Waals surface area contributed by atoms with E-state index in [4.69, 9.17) is 11.6 Å². The van der Waals surface area contributed by atoms with E-state index >= 15 is 0 Å². The first kappa shape index (κ1) is 15.0. The molecule has 1 amide bonds. The van der Waals surface area contributed by atoms with Crippen molar-refractivity contribution in [2.45, 2.75) is 11.4 Å². The maximum absolute atomic E-state index is 12.8. The largest absolute Gasteiger partial charge is 0.348 e. The summed E-state index contributed by atoms with van der Waals surface area (Å²) < 4.78 is 28.1. The molecule has 2 aromatic heterocycles. The van der Waals surface area contributed by atoms with Crippen LogP contribution in [0.1, 0.15) is 15.9 Å². The van der Waals surface area contributed by atoms with Crippen molar-refractivity contribution in [2.75, 3.05) is 4.72 Å². The fourth-order valence-electron chi connectivity index (χ4n) is 2.73. The fraction of sp³-hybridized carbons (Fsp3) is 0.0667. The van der Waals surface area contributed by atoms with Crippen LogP contribution in [0.2, 0.25) is 5.02 Å². The zero-order chi connectivity index (χ0) is 16.9. The van der Waals surface area contributed by atoms with E-state index in [0.717, 1.165) is 0 Å². The van der Waals surface area contributed by atoms with Gasteiger partial charge < -0.3 is 10.3 Å². The van der Waals surface area contributed by atoms with E-state index in [2.05, 4.69) is 20.0 Å². The number of aromatic amines is 1. The van der Waals surface area contributed by atoms with E-state index in [1.807, 2.05) is 0 Å². The number of pyridine rings is 1. The second-order valence-electron chi connectivity index (χ2n) is 5.32. The molecule has 0 fully saturated rings. The lowest BCUT2D eigenvalue weighted by atomic mass is 10.1. The Morgan fingerprint density at radius 3 is 2.96 bits per heavy atom. The van der Waals surface area contributed by atoms with Gasteiger partial charge in [-0.2, -0.15) is 0 Å². The van der Waals surface area contributed by atoms with E-state index in [0.29, 0.717) is 32.9 Å². The molecule has 0 saturated carbocycles. The molecule has 0 radical (unpaired) electrons. The van der Waals surface area contributed by atoms with Gasteiger partial charge in [0, 0.05) is 35.5 Å². The average molecular weight is 363 g/mol. The average Bonchev–Trinajstić information content (AvgIpc) is 3.12. The second kappa shape index (κ2) is 5.22. The normalized spacial score (nSPS) is 13.8. The number of rotatable bonds is 3. The van der Waals surface area contributed by atoms with E-state index in [1.54, 1.807) is 18.2 Å². The minimum atomic E-state index is -3.87. The lowest BCUT2D eigenvalue weighted by Gasteiger charge is -2.10. The van der Waals surface area contributed by atoms with Crippen LogP contribution < -0.4 is 10.0 Å². The predicted octanol–water partition coefficient (Wildman–Crippen LogP) is 2.26. The minimum absolute atomic E-state index is 0.0439. The van der Waals surface area contributed by atoms with Gasteiger partial charge in [0.15, 0.2) is 0 Å². The Morgan fingerprint density at radius 1 is 1.29 bits per heavy atom. The van der Waals surface area contributed by atoms with Crippen molar-refractivity contribution < 1.29 is 13.2 Å². The summed E-state index contributed by atoms with van der Waals surface area (Å²) in [7, 11) is -3.87. The summed E-state index contributed by atoms with van der Waals surface area (Å²) in [6.45, 7) is 0.286. The maximum atomic E-state index is 12.8. The number of hydrogen-bond acceptors (Lipinski definition) is 4. The molecule has 0 bridgehead atoms. The zero-order valence-corrected chi connectivity index (χ0v) is 13.7. The number of carbonyl (C=O) groups is 1. The molecule has 7 nitrogen and oxygen atoms in total. The van der Waals surface area contributed by atoms with E-state index in [1.165, 1.54) is 18.5 Å². The highest BCUT2D eigenvalue weighted by atomic mass is 35.5. The van der Waals surface area contributed by atoms with Crippen LogP contribution in [-0.2, 0) is 16.6 Å². The summed E-state index contributed by atoms with van der Waals surface area (Å²) in [5.41, 5.74) is 1.89. The monoisotopic (exact) mass is 362 g/mol. The Balaban J connectivity index is 1.79. The summed E-state index contributed by atoms with van der Waals surface area (Å²) in [4.78, 5) is 18.6. The first-order valence-corrected chi connectivity index (χ1v) is 8.87. The van der Waals surface area contributed by atoms with Gasteiger partial charge in [0.25, 0.3) is 15.9 Å². The number of nitrogens with one attached hydrogen (secondary N) is 3. The molecule has 3 heterocycles. The van der Waals surface area contributed by atoms with Crippen LogP contribution in [0.25, 0.3) is 11.0 Å². The molecule has 122 valence electrons. The van der Waals surface area contributed by atoms with Gasteiger partial charge in [0.2, 0.25) is 0 Å². The van der Waals surface area contributed by atoms with Gasteiger partial charge >= 0.3 is 0 Å². The van der Waals surface area contributed by atoms with Crippen molar-refractivity contribution in [3.05, 3.63) is 52.8 Å². The van der Waals surface area contributed by atoms with Gasteiger partial charge in [-0.1, -0.05) is 17.7 Å². The molecule has 4 rings (SSSR count). The lowest BCUT2D eigenvalue weighted by Crippen LogP contribution is -2.14. The second-order valence-corrected chi connectivity index (χ2v) is 7.41. The molecular weight excluding hydrogens is 352 g/mol. The Bertz CT molecular complexity index is 1090. The molecule has 0 saturated heterocycles. The number of benzene rings is 1. The summed E-state index contributed by atoms with van der Waals surface area (Å²) in [6.07, 6.45) is 2.80. The lowest BCUT2D eigenvalue weighted by molar-refractivity contribution is 0.0965. The number of fused-ring (bicyclic) bond motifs is 2. The predicted molar refractivity (Wildman–Crippen MR) is 89.5 cm³/mol. The van der Waals surface area contributed by atoms with E-state index in [-0.39, 0.29) is 17.3 Å². The van der Waals surface area contributed by atoms with Crippen LogP contribution in [0.15, 0.2) is 41.6 Å². The fourth-order valence-corrected chi connectivity index (χ4v) is 4.13. The summed E-state index contributed by atoms with van der Waals surface area (Å²) in [5.74, 6) is -0.214. The molecule has 1 aliphatic heterocycles. The van der Waals surface area contributed by atoms with E-state index < -0.39 is 10.0 Å². The van der Waals surface area contributed by atoms with Crippen molar-refractivity contribution in [1.82, 2.24) is 15.3 Å². The van der Waals surface area contributed by atoms with Crippen molar-refractivity contribution in [3.63, 3.8) is 0 Å². The first-order chi connectivity index (χ1) is 11.5. The molecule has 0 atom stereocenters. The standard InChI is InChI=1S/C15H11ClN4O3S/c16-8-4-10-13(7-18-14(10)17-5-8)24(22,23)20-12-3-1-2-9-11(12)6-19-15(9)21/h1-5,7,20H,6H2,(H,17,18)(H,19,21). The Labute approximate surface area is 142 Å². The highest BCUT2D eigenvalue weighted by Crippen LogP contribution is 2.29. The third-order valence-corrected chi connectivity index (χ3v) is 5.45. The number of sulfonamides is 1. The van der Waals surface area contributed by atoms with Gasteiger partial charge in [0.1, 0.15) is 10.5 Å². The summed E-state index contributed by atoms with van der Waals surface area (Å²) in [6, 6.07) is 6.45. The van der Waals surface area contributed by atoms with Crippen LogP contribution >= 0.6 is 11.6 Å². The molecule has 1 aliphatic rings. The van der Waals surface area contributed by atoms with Crippen molar-refractivity contribution in [3.8, 4) is 0 Å². The number of hydrogen-bond donors (Lipinski definition) is 3. The third kappa shape index (κ3) is 2.31. The number of amides is 1. The quantitative estimate of drug-likeness (QED) is 0.664. The number of carbonyl (C=O) groups excluding carboxylic acids is 1. The molecule has 9 heteroatoms. The topological polar surface area (TPSA) is 104 Å². The molecule has 0 aliphatic carbocycles. The summed E-state index contributed by atoms with van der Waals surface area (Å²) >= 11 is 5.91. The van der Waals surface area contributed by atoms with Gasteiger partial charge in [-0.3, -0.25) is 9.52 Å². The Kier molecular flexibility index (Phi) is 3.26. The van der Waals surface area contributed by atoms with Gasteiger partial charge in [0.05, 0.1) is 10.7 Å². The highest BCUT2D eigenvalue weighted by molar-refractivity contribution is 7.93. The first-order valence-electron chi connectivity index (χ1n) is 7.01. The molecule has 0 unspecified atom stereocenters. The van der Waals surface area contributed by atoms with Crippen molar-refractivity contribution in [1.29, 1.82) is 0 Å². The highest BCUT2D eigenvalue weighted by Gasteiger charge is 2.25. The molecular formula is C15H11ClN4O3S. The number of anilines is 1. The number of aromatic nitrogens is 2. The van der Waals surface area contributed by atoms with Crippen LogP contribution in [-0.4, -0.2) is 24.3 Å². The third-order valence-electron chi connectivity index (χ3n) is 3.84. The number of nitrogens with zero attached hydrogens (tertiary/aromatic N) is 1. The molecule has 3 N–H and O–H groups in total. The van der Waals surface area contributed by atoms with Crippen molar-refractivity contribution >= 4 is 44.3 Å². The SMILES string of the molecule is O=C1NCc2c(NS(=O)(=O)c3c[nH]c4ncc(Cl)cc34)cccc21. The van der Waals surface area contributed by atoms with Crippen LogP contribution in [0.4, 0.5) is 5.69 Å². The van der Waals surface area contributed by atoms with Gasteiger partial charge in [-0.25, -0.2) is 13.4 Å². The Hall–Kier alpha value is -2.58. The van der Waals surface area contributed by atoms with Crippen LogP contribution in [0, 0.1) is 0 Å². The molecule has 24 heavy (non-hydrogen) atoms. The molecule has 0 spiro atoms. The van der Waals surface area contributed by atoms with Crippen molar-refractivity contribution in [2.24, 2.45) is 0 Å². The van der Waals surface area contributed by atoms with Gasteiger partial charge in [-0.15, -0.1) is 0 Å². The van der Waals surface area contributed by atoms with Crippen LogP contribution in [0.5, 0.6) is 0 Å². The maximum Gasteiger partial charge on any atom is 0.264 e. The molecule has 1 aromatic carbocycles. The van der Waals surface area contributed by atoms with Crippen LogP contribution in [0.3, 0.4) is 0 Å². The number of H-pyrrole nitrogens is 1. The number of halogens is 1. The van der Waals surface area contributed by atoms with E-state index in [9.17, 15) is 13.2 Å². The van der Waals surface area contributed by atoms with Gasteiger partial charge in [-0.05, 0) is 18.2 Å². The minimum Gasteiger partial charge on any atom is -0.348 e. The Morgan fingerprint density at radius 2 is 2.12 bits per heavy atom. The zero-order valence-electron chi connectivity index (χ0n) is 12.1. The molecule has 3 aromatic rings.